The van der Waals surface area contributed by atoms with Crippen molar-refractivity contribution in [2.24, 2.45) is 17.8 Å². The van der Waals surface area contributed by atoms with Crippen LogP contribution in [-0.2, 0) is 14.3 Å². The Morgan fingerprint density at radius 1 is 1.19 bits per heavy atom. The molecule has 0 aromatic carbocycles. The number of unbranched alkanes of at least 4 members (excludes halogenated alkanes) is 3. The molecule has 0 heterocycles. The van der Waals surface area contributed by atoms with Gasteiger partial charge in [-0.1, -0.05) is 38.0 Å². The first-order valence-corrected chi connectivity index (χ1v) is 10.2. The van der Waals surface area contributed by atoms with Crippen LogP contribution in [0.3, 0.4) is 0 Å². The Bertz CT molecular complexity index is 501. The number of carbonyl (C=O) groups excluding carboxylic acids is 2. The van der Waals surface area contributed by atoms with Crippen LogP contribution in [0.1, 0.15) is 64.7 Å². The third-order valence-corrected chi connectivity index (χ3v) is 5.36. The third kappa shape index (κ3) is 8.83. The molecule has 0 aromatic heterocycles. The minimum absolute atomic E-state index is 0.0673. The second kappa shape index (κ2) is 13.6. The Labute approximate surface area is 162 Å². The van der Waals surface area contributed by atoms with Crippen LogP contribution in [0.15, 0.2) is 24.3 Å². The quantitative estimate of drug-likeness (QED) is 0.219. The van der Waals surface area contributed by atoms with E-state index in [1.165, 1.54) is 7.11 Å². The molecule has 1 saturated carbocycles. The molecule has 0 bridgehead atoms. The van der Waals surface area contributed by atoms with Crippen LogP contribution in [0.4, 0.5) is 4.39 Å². The largest absolute Gasteiger partial charge is 0.469 e. The average molecular weight is 383 g/mol. The van der Waals surface area contributed by atoms with E-state index in [2.05, 4.69) is 11.7 Å². The summed E-state index contributed by atoms with van der Waals surface area (Å²) in [7, 11) is 1.38. The molecule has 27 heavy (non-hydrogen) atoms. The van der Waals surface area contributed by atoms with E-state index in [0.717, 1.165) is 32.1 Å². The van der Waals surface area contributed by atoms with Crippen molar-refractivity contribution in [2.75, 3.05) is 13.8 Å². The van der Waals surface area contributed by atoms with Crippen molar-refractivity contribution in [3.63, 3.8) is 0 Å². The zero-order chi connectivity index (χ0) is 20.1. The SMILES string of the molecule is CCCCCC(=O)/C=C/[C@H]1[C@H](CF)C[C@H](O)[C@@H]1C/C=C\CCCC(=O)OC. The van der Waals surface area contributed by atoms with Gasteiger partial charge in [0, 0.05) is 12.8 Å². The average Bonchev–Trinajstić information content (AvgIpc) is 2.97. The maximum Gasteiger partial charge on any atom is 0.305 e. The number of halogens is 1. The third-order valence-electron chi connectivity index (χ3n) is 5.36. The number of hydrogen-bond acceptors (Lipinski definition) is 4. The number of ketones is 1. The standard InChI is InChI=1S/C22H35FO4/c1-3-4-7-10-18(24)13-14-19-17(16-23)15-21(25)20(19)11-8-5-6-9-12-22(26)27-2/h5,8,13-14,17,19-21,25H,3-4,6-7,9-12,15-16H2,1-2H3/b8-5-,14-13+/t17-,19-,20+,21-/m0/s1. The number of allylic oxidation sites excluding steroid dienone is 4. The lowest BCUT2D eigenvalue weighted by molar-refractivity contribution is -0.140. The molecule has 0 amide bonds. The summed E-state index contributed by atoms with van der Waals surface area (Å²) < 4.78 is 18.0. The molecule has 4 nitrogen and oxygen atoms in total. The summed E-state index contributed by atoms with van der Waals surface area (Å²) in [5, 5.41) is 10.3. The highest BCUT2D eigenvalue weighted by Gasteiger charge is 2.40. The van der Waals surface area contributed by atoms with Crippen LogP contribution >= 0.6 is 0 Å². The molecule has 0 radical (unpaired) electrons. The summed E-state index contributed by atoms with van der Waals surface area (Å²) in [4.78, 5) is 23.0. The number of aliphatic hydroxyl groups is 1. The molecular weight excluding hydrogens is 347 g/mol. The van der Waals surface area contributed by atoms with Crippen LogP contribution < -0.4 is 0 Å². The topological polar surface area (TPSA) is 63.6 Å². The fourth-order valence-electron chi connectivity index (χ4n) is 3.72. The lowest BCUT2D eigenvalue weighted by Gasteiger charge is -2.20. The first-order valence-electron chi connectivity index (χ1n) is 10.2. The molecule has 0 aromatic rings. The fraction of sp³-hybridized carbons (Fsp3) is 0.727. The van der Waals surface area contributed by atoms with E-state index in [1.54, 1.807) is 6.08 Å². The molecule has 4 atom stereocenters. The molecule has 0 saturated heterocycles. The highest BCUT2D eigenvalue weighted by Crippen LogP contribution is 2.40. The van der Waals surface area contributed by atoms with E-state index in [4.69, 9.17) is 0 Å². The highest BCUT2D eigenvalue weighted by atomic mass is 19.1. The van der Waals surface area contributed by atoms with Gasteiger partial charge in [-0.2, -0.15) is 0 Å². The van der Waals surface area contributed by atoms with E-state index in [0.29, 0.717) is 25.7 Å². The molecule has 1 fully saturated rings. The lowest BCUT2D eigenvalue weighted by Crippen LogP contribution is -2.19. The zero-order valence-corrected chi connectivity index (χ0v) is 16.7. The number of aliphatic hydroxyl groups excluding tert-OH is 1. The predicted octanol–water partition coefficient (Wildman–Crippen LogP) is 4.56. The van der Waals surface area contributed by atoms with E-state index < -0.39 is 12.8 Å². The van der Waals surface area contributed by atoms with Crippen molar-refractivity contribution >= 4 is 11.8 Å². The Balaban J connectivity index is 2.53. The van der Waals surface area contributed by atoms with Crippen molar-refractivity contribution < 1.29 is 23.8 Å². The molecule has 0 spiro atoms. The first kappa shape index (κ1) is 23.5. The van der Waals surface area contributed by atoms with Gasteiger partial charge in [0.2, 0.25) is 0 Å². The summed E-state index contributed by atoms with van der Waals surface area (Å²) in [5.41, 5.74) is 0. The van der Waals surface area contributed by atoms with Gasteiger partial charge in [0.25, 0.3) is 0 Å². The van der Waals surface area contributed by atoms with Gasteiger partial charge in [-0.3, -0.25) is 14.0 Å². The number of methoxy groups -OCH3 is 1. The van der Waals surface area contributed by atoms with Gasteiger partial charge in [-0.15, -0.1) is 0 Å². The van der Waals surface area contributed by atoms with Crippen molar-refractivity contribution in [1.82, 2.24) is 0 Å². The summed E-state index contributed by atoms with van der Waals surface area (Å²) in [6.07, 6.45) is 13.4. The summed E-state index contributed by atoms with van der Waals surface area (Å²) in [5.74, 6) is -0.534. The second-order valence-electron chi connectivity index (χ2n) is 7.42. The Morgan fingerprint density at radius 2 is 1.96 bits per heavy atom. The maximum atomic E-state index is 13.4. The normalized spacial score (nSPS) is 25.5. The van der Waals surface area contributed by atoms with E-state index >= 15 is 0 Å². The first-order chi connectivity index (χ1) is 13.0. The van der Waals surface area contributed by atoms with Gasteiger partial charge in [0.1, 0.15) is 0 Å². The van der Waals surface area contributed by atoms with Gasteiger partial charge in [0.15, 0.2) is 5.78 Å². The van der Waals surface area contributed by atoms with Gasteiger partial charge in [-0.05, 0) is 55.9 Å². The van der Waals surface area contributed by atoms with Gasteiger partial charge in [-0.25, -0.2) is 0 Å². The number of rotatable bonds is 13. The summed E-state index contributed by atoms with van der Waals surface area (Å²) in [6, 6.07) is 0. The van der Waals surface area contributed by atoms with Crippen molar-refractivity contribution in [3.05, 3.63) is 24.3 Å². The van der Waals surface area contributed by atoms with Crippen LogP contribution in [0.2, 0.25) is 0 Å². The molecule has 1 N–H and O–H groups in total. The van der Waals surface area contributed by atoms with Crippen molar-refractivity contribution in [2.45, 2.75) is 70.8 Å². The molecule has 0 aliphatic heterocycles. The predicted molar refractivity (Wildman–Crippen MR) is 105 cm³/mol. The van der Waals surface area contributed by atoms with E-state index in [-0.39, 0.29) is 29.5 Å². The molecule has 154 valence electrons. The molecule has 0 unspecified atom stereocenters. The summed E-state index contributed by atoms with van der Waals surface area (Å²) in [6.45, 7) is 1.62. The van der Waals surface area contributed by atoms with Crippen molar-refractivity contribution in [3.8, 4) is 0 Å². The van der Waals surface area contributed by atoms with Crippen molar-refractivity contribution in [1.29, 1.82) is 0 Å². The Kier molecular flexibility index (Phi) is 11.9. The van der Waals surface area contributed by atoms with Crippen LogP contribution in [-0.4, -0.2) is 36.7 Å². The van der Waals surface area contributed by atoms with Gasteiger partial charge < -0.3 is 9.84 Å². The zero-order valence-electron chi connectivity index (χ0n) is 16.7. The van der Waals surface area contributed by atoms with E-state index in [9.17, 15) is 19.1 Å². The minimum Gasteiger partial charge on any atom is -0.469 e. The molecule has 5 heteroatoms. The van der Waals surface area contributed by atoms with E-state index in [1.807, 2.05) is 18.2 Å². The van der Waals surface area contributed by atoms with Gasteiger partial charge in [0.05, 0.1) is 19.9 Å². The van der Waals surface area contributed by atoms with Crippen LogP contribution in [0, 0.1) is 17.8 Å². The molecular formula is C22H35FO4. The number of alkyl halides is 1. The maximum absolute atomic E-state index is 13.4. The summed E-state index contributed by atoms with van der Waals surface area (Å²) >= 11 is 0. The number of hydrogen-bond donors (Lipinski definition) is 1. The fourth-order valence-corrected chi connectivity index (χ4v) is 3.72. The Hall–Kier alpha value is -1.49. The number of carbonyl (C=O) groups is 2. The monoisotopic (exact) mass is 382 g/mol. The number of esters is 1. The minimum atomic E-state index is -0.546. The molecule has 1 rings (SSSR count). The second-order valence-corrected chi connectivity index (χ2v) is 7.42. The Morgan fingerprint density at radius 3 is 2.63 bits per heavy atom. The smallest absolute Gasteiger partial charge is 0.305 e. The van der Waals surface area contributed by atoms with Crippen LogP contribution in [0.5, 0.6) is 0 Å². The van der Waals surface area contributed by atoms with Gasteiger partial charge >= 0.3 is 5.97 Å². The molecule has 1 aliphatic carbocycles. The highest BCUT2D eigenvalue weighted by molar-refractivity contribution is 5.89. The lowest BCUT2D eigenvalue weighted by atomic mass is 9.86. The van der Waals surface area contributed by atoms with Crippen LogP contribution in [0.25, 0.3) is 0 Å². The molecule has 1 aliphatic rings. The number of ether oxygens (including phenoxy) is 1.